The number of imidazole rings is 1. The lowest BCUT2D eigenvalue weighted by atomic mass is 10.0. The highest BCUT2D eigenvalue weighted by molar-refractivity contribution is 5.39. The van der Waals surface area contributed by atoms with Crippen LogP contribution in [-0.2, 0) is 6.54 Å². The minimum absolute atomic E-state index is 0.391. The van der Waals surface area contributed by atoms with Crippen LogP contribution in [0.25, 0.3) is 5.65 Å². The van der Waals surface area contributed by atoms with Gasteiger partial charge in [-0.3, -0.25) is 4.90 Å². The molecule has 2 atom stereocenters. The molecule has 0 aliphatic carbocycles. The van der Waals surface area contributed by atoms with Crippen molar-refractivity contribution in [2.45, 2.75) is 38.0 Å². The van der Waals surface area contributed by atoms with Crippen LogP contribution in [0.3, 0.4) is 0 Å². The molecule has 2 unspecified atom stereocenters. The van der Waals surface area contributed by atoms with Crippen molar-refractivity contribution < 1.29 is 5.11 Å². The molecule has 0 radical (unpaired) electrons. The quantitative estimate of drug-likeness (QED) is 0.783. The predicted octanol–water partition coefficient (Wildman–Crippen LogP) is 3.42. The number of pyridine rings is 1. The van der Waals surface area contributed by atoms with Crippen LogP contribution in [0.4, 0.5) is 0 Å². The molecule has 24 heavy (non-hydrogen) atoms. The normalized spacial score (nSPS) is 19.8. The Bertz CT molecular complexity index is 766. The molecule has 1 N–H and O–H groups in total. The summed E-state index contributed by atoms with van der Waals surface area (Å²) in [7, 11) is 0. The van der Waals surface area contributed by atoms with E-state index in [0.717, 1.165) is 42.8 Å². The summed E-state index contributed by atoms with van der Waals surface area (Å²) < 4.78 is 2.07. The Balaban J connectivity index is 1.44. The number of aromatic nitrogens is 2. The van der Waals surface area contributed by atoms with E-state index < -0.39 is 6.10 Å². The topological polar surface area (TPSA) is 40.8 Å². The highest BCUT2D eigenvalue weighted by atomic mass is 16.3. The SMILES string of the molecule is OC(CC1CCCN1Cc1cn2ccccc2n1)c1ccccc1. The van der Waals surface area contributed by atoms with Crippen LogP contribution >= 0.6 is 0 Å². The van der Waals surface area contributed by atoms with Gasteiger partial charge in [0, 0.05) is 25.0 Å². The van der Waals surface area contributed by atoms with E-state index in [1.807, 2.05) is 54.7 Å². The molecule has 4 rings (SSSR count). The van der Waals surface area contributed by atoms with Gasteiger partial charge in [0.15, 0.2) is 0 Å². The molecule has 1 fully saturated rings. The van der Waals surface area contributed by atoms with Crippen molar-refractivity contribution in [2.75, 3.05) is 6.54 Å². The lowest BCUT2D eigenvalue weighted by molar-refractivity contribution is 0.117. The second-order valence-corrected chi connectivity index (χ2v) is 6.63. The summed E-state index contributed by atoms with van der Waals surface area (Å²) in [4.78, 5) is 7.17. The summed E-state index contributed by atoms with van der Waals surface area (Å²) in [6, 6.07) is 16.5. The van der Waals surface area contributed by atoms with E-state index in [1.54, 1.807) is 0 Å². The van der Waals surface area contributed by atoms with Crippen LogP contribution in [0.1, 0.15) is 36.6 Å². The van der Waals surface area contributed by atoms with Crippen molar-refractivity contribution in [1.82, 2.24) is 14.3 Å². The molecule has 0 bridgehead atoms. The molecule has 4 nitrogen and oxygen atoms in total. The molecule has 3 aromatic rings. The molecular formula is C20H23N3O. The van der Waals surface area contributed by atoms with Crippen LogP contribution in [0.15, 0.2) is 60.9 Å². The molecule has 0 amide bonds. The Morgan fingerprint density at radius 1 is 1.12 bits per heavy atom. The molecule has 1 aliphatic heterocycles. The lowest BCUT2D eigenvalue weighted by Gasteiger charge is -2.25. The van der Waals surface area contributed by atoms with Crippen molar-refractivity contribution >= 4 is 5.65 Å². The van der Waals surface area contributed by atoms with E-state index in [2.05, 4.69) is 15.5 Å². The monoisotopic (exact) mass is 321 g/mol. The second kappa shape index (κ2) is 6.75. The van der Waals surface area contributed by atoms with Crippen LogP contribution in [-0.4, -0.2) is 32.0 Å². The third-order valence-electron chi connectivity index (χ3n) is 4.96. The maximum atomic E-state index is 10.5. The number of aliphatic hydroxyl groups is 1. The van der Waals surface area contributed by atoms with Crippen LogP contribution in [0, 0.1) is 0 Å². The van der Waals surface area contributed by atoms with Crippen LogP contribution < -0.4 is 0 Å². The molecule has 0 spiro atoms. The average molecular weight is 321 g/mol. The van der Waals surface area contributed by atoms with Gasteiger partial charge < -0.3 is 9.51 Å². The summed E-state index contributed by atoms with van der Waals surface area (Å²) in [5, 5.41) is 10.5. The van der Waals surface area contributed by atoms with Crippen LogP contribution in [0.2, 0.25) is 0 Å². The molecule has 2 aromatic heterocycles. The van der Waals surface area contributed by atoms with Gasteiger partial charge in [0.2, 0.25) is 0 Å². The summed E-state index contributed by atoms with van der Waals surface area (Å²) in [5.74, 6) is 0. The molecule has 1 aromatic carbocycles. The summed E-state index contributed by atoms with van der Waals surface area (Å²) >= 11 is 0. The Morgan fingerprint density at radius 3 is 2.79 bits per heavy atom. The molecule has 124 valence electrons. The zero-order valence-corrected chi connectivity index (χ0v) is 13.8. The molecule has 1 saturated heterocycles. The predicted molar refractivity (Wildman–Crippen MR) is 94.6 cm³/mol. The van der Waals surface area contributed by atoms with Gasteiger partial charge in [-0.15, -0.1) is 0 Å². The first kappa shape index (κ1) is 15.4. The Morgan fingerprint density at radius 2 is 1.96 bits per heavy atom. The molecule has 3 heterocycles. The molecular weight excluding hydrogens is 298 g/mol. The fraction of sp³-hybridized carbons (Fsp3) is 0.350. The minimum Gasteiger partial charge on any atom is -0.388 e. The Hall–Kier alpha value is -2.17. The number of hydrogen-bond acceptors (Lipinski definition) is 3. The van der Waals surface area contributed by atoms with Crippen molar-refractivity contribution in [3.05, 3.63) is 72.2 Å². The van der Waals surface area contributed by atoms with Gasteiger partial charge in [0.05, 0.1) is 11.8 Å². The van der Waals surface area contributed by atoms with Gasteiger partial charge in [0.25, 0.3) is 0 Å². The zero-order valence-electron chi connectivity index (χ0n) is 13.8. The number of rotatable bonds is 5. The summed E-state index contributed by atoms with van der Waals surface area (Å²) in [6.45, 7) is 1.94. The Kier molecular flexibility index (Phi) is 4.32. The van der Waals surface area contributed by atoms with E-state index in [-0.39, 0.29) is 0 Å². The van der Waals surface area contributed by atoms with Crippen molar-refractivity contribution in [2.24, 2.45) is 0 Å². The Labute approximate surface area is 142 Å². The number of fused-ring (bicyclic) bond motifs is 1. The van der Waals surface area contributed by atoms with E-state index in [4.69, 9.17) is 4.98 Å². The third kappa shape index (κ3) is 3.21. The molecule has 1 aliphatic rings. The van der Waals surface area contributed by atoms with Gasteiger partial charge in [-0.25, -0.2) is 4.98 Å². The third-order valence-corrected chi connectivity index (χ3v) is 4.96. The number of hydrogen-bond donors (Lipinski definition) is 1. The van der Waals surface area contributed by atoms with E-state index in [1.165, 1.54) is 6.42 Å². The van der Waals surface area contributed by atoms with Crippen molar-refractivity contribution in [3.8, 4) is 0 Å². The maximum absolute atomic E-state index is 10.5. The summed E-state index contributed by atoms with van der Waals surface area (Å²) in [5.41, 5.74) is 3.10. The first-order valence-corrected chi connectivity index (χ1v) is 8.69. The van der Waals surface area contributed by atoms with Gasteiger partial charge in [0.1, 0.15) is 5.65 Å². The summed E-state index contributed by atoms with van der Waals surface area (Å²) in [6.07, 6.45) is 6.89. The van der Waals surface area contributed by atoms with E-state index in [9.17, 15) is 5.11 Å². The van der Waals surface area contributed by atoms with Gasteiger partial charge in [-0.05, 0) is 43.5 Å². The first-order valence-electron chi connectivity index (χ1n) is 8.69. The fourth-order valence-electron chi connectivity index (χ4n) is 3.71. The zero-order chi connectivity index (χ0) is 16.4. The average Bonchev–Trinajstić information content (AvgIpc) is 3.22. The largest absolute Gasteiger partial charge is 0.388 e. The van der Waals surface area contributed by atoms with E-state index in [0.29, 0.717) is 6.04 Å². The van der Waals surface area contributed by atoms with Crippen molar-refractivity contribution in [3.63, 3.8) is 0 Å². The van der Waals surface area contributed by atoms with Crippen LogP contribution in [0.5, 0.6) is 0 Å². The van der Waals surface area contributed by atoms with Crippen molar-refractivity contribution in [1.29, 1.82) is 0 Å². The number of nitrogens with zero attached hydrogens (tertiary/aromatic N) is 3. The highest BCUT2D eigenvalue weighted by Gasteiger charge is 2.27. The number of likely N-dealkylation sites (tertiary alicyclic amines) is 1. The van der Waals surface area contributed by atoms with Gasteiger partial charge >= 0.3 is 0 Å². The number of aliphatic hydroxyl groups excluding tert-OH is 1. The standard InChI is InChI=1S/C20H23N3O/c24-19(16-7-2-1-3-8-16)13-18-9-6-12-22(18)14-17-15-23-11-5-4-10-20(23)21-17/h1-5,7-8,10-11,15,18-19,24H,6,9,12-14H2. The second-order valence-electron chi connectivity index (χ2n) is 6.63. The molecule has 0 saturated carbocycles. The fourth-order valence-corrected chi connectivity index (χ4v) is 3.71. The maximum Gasteiger partial charge on any atom is 0.137 e. The number of benzene rings is 1. The highest BCUT2D eigenvalue weighted by Crippen LogP contribution is 2.28. The van der Waals surface area contributed by atoms with Gasteiger partial charge in [-0.2, -0.15) is 0 Å². The smallest absolute Gasteiger partial charge is 0.137 e. The first-order chi connectivity index (χ1) is 11.8. The lowest BCUT2D eigenvalue weighted by Crippen LogP contribution is -2.30. The minimum atomic E-state index is -0.391. The van der Waals surface area contributed by atoms with E-state index >= 15 is 0 Å². The van der Waals surface area contributed by atoms with Gasteiger partial charge in [-0.1, -0.05) is 36.4 Å². The molecule has 4 heteroatoms.